The van der Waals surface area contributed by atoms with Gasteiger partial charge in [-0.25, -0.2) is 0 Å². The second kappa shape index (κ2) is 4.72. The third kappa shape index (κ3) is 2.17. The maximum Gasteiger partial charge on any atom is 0.170 e. The minimum absolute atomic E-state index is 0.0813. The second-order valence-corrected chi connectivity index (χ2v) is 4.38. The molecule has 1 aromatic heterocycles. The first-order chi connectivity index (χ1) is 9.28. The summed E-state index contributed by atoms with van der Waals surface area (Å²) in [5.74, 6) is 1.33. The lowest BCUT2D eigenvalue weighted by Crippen LogP contribution is -2.20. The van der Waals surface area contributed by atoms with Crippen LogP contribution in [-0.4, -0.2) is 17.9 Å². The molecule has 1 aliphatic rings. The molecule has 19 heavy (non-hydrogen) atoms. The Hall–Kier alpha value is -2.36. The van der Waals surface area contributed by atoms with Gasteiger partial charge in [0.2, 0.25) is 0 Å². The summed E-state index contributed by atoms with van der Waals surface area (Å²) in [6.45, 7) is 0. The van der Waals surface area contributed by atoms with E-state index in [2.05, 4.69) is 4.98 Å². The van der Waals surface area contributed by atoms with Gasteiger partial charge >= 0.3 is 0 Å². The lowest BCUT2D eigenvalue weighted by atomic mass is 9.97. The number of carbonyl (C=O) groups is 1. The molecule has 1 aromatic carbocycles. The number of nitrogens with zero attached hydrogens (tertiary/aromatic N) is 1. The normalized spacial score (nSPS) is 17.5. The SMILES string of the molecule is COc1ccc2c(c1)O[C@H](c1cccnc1)CC2=O. The predicted molar refractivity (Wildman–Crippen MR) is 69.5 cm³/mol. The molecule has 0 aliphatic carbocycles. The number of ether oxygens (including phenoxy) is 2. The second-order valence-electron chi connectivity index (χ2n) is 4.38. The van der Waals surface area contributed by atoms with E-state index in [0.29, 0.717) is 23.5 Å². The van der Waals surface area contributed by atoms with Crippen molar-refractivity contribution < 1.29 is 14.3 Å². The van der Waals surface area contributed by atoms with Gasteiger partial charge in [0, 0.05) is 24.0 Å². The van der Waals surface area contributed by atoms with E-state index in [1.807, 2.05) is 12.1 Å². The van der Waals surface area contributed by atoms with Crippen LogP contribution in [0.25, 0.3) is 0 Å². The van der Waals surface area contributed by atoms with E-state index in [0.717, 1.165) is 5.56 Å². The molecule has 0 saturated carbocycles. The number of Topliss-reactive ketones (excluding diaryl/α,β-unsaturated/α-hetero) is 1. The predicted octanol–water partition coefficient (Wildman–Crippen LogP) is 2.80. The average Bonchev–Trinajstić information content (AvgIpc) is 2.47. The Morgan fingerprint density at radius 3 is 3.00 bits per heavy atom. The largest absolute Gasteiger partial charge is 0.497 e. The van der Waals surface area contributed by atoms with E-state index in [4.69, 9.17) is 9.47 Å². The van der Waals surface area contributed by atoms with Crippen molar-refractivity contribution in [1.29, 1.82) is 0 Å². The maximum absolute atomic E-state index is 12.1. The first-order valence-corrected chi connectivity index (χ1v) is 6.06. The van der Waals surface area contributed by atoms with Gasteiger partial charge in [-0.15, -0.1) is 0 Å². The zero-order valence-corrected chi connectivity index (χ0v) is 10.5. The number of aromatic nitrogens is 1. The van der Waals surface area contributed by atoms with Gasteiger partial charge in [0.05, 0.1) is 19.1 Å². The molecule has 0 spiro atoms. The minimum atomic E-state index is -0.277. The van der Waals surface area contributed by atoms with E-state index >= 15 is 0 Å². The van der Waals surface area contributed by atoms with Crippen molar-refractivity contribution >= 4 is 5.78 Å². The van der Waals surface area contributed by atoms with Crippen LogP contribution in [0.2, 0.25) is 0 Å². The number of fused-ring (bicyclic) bond motifs is 1. The summed E-state index contributed by atoms with van der Waals surface area (Å²) in [7, 11) is 1.59. The van der Waals surface area contributed by atoms with Gasteiger partial charge < -0.3 is 9.47 Å². The number of benzene rings is 1. The maximum atomic E-state index is 12.1. The van der Waals surface area contributed by atoms with E-state index in [9.17, 15) is 4.79 Å². The summed E-state index contributed by atoms with van der Waals surface area (Å²) in [6, 6.07) is 9.01. The third-order valence-corrected chi connectivity index (χ3v) is 3.19. The molecular formula is C15H13NO3. The van der Waals surface area contributed by atoms with Crippen molar-refractivity contribution in [3.05, 3.63) is 53.9 Å². The summed E-state index contributed by atoms with van der Waals surface area (Å²) in [6.07, 6.45) is 3.49. The Morgan fingerprint density at radius 1 is 1.37 bits per heavy atom. The lowest BCUT2D eigenvalue weighted by Gasteiger charge is -2.25. The molecule has 0 N–H and O–H groups in total. The van der Waals surface area contributed by atoms with Gasteiger partial charge in [-0.05, 0) is 18.2 Å². The van der Waals surface area contributed by atoms with Crippen LogP contribution in [0.4, 0.5) is 0 Å². The molecule has 0 radical (unpaired) electrons. The molecule has 0 amide bonds. The number of rotatable bonds is 2. The average molecular weight is 255 g/mol. The van der Waals surface area contributed by atoms with Gasteiger partial charge in [0.1, 0.15) is 17.6 Å². The van der Waals surface area contributed by atoms with E-state index in [-0.39, 0.29) is 11.9 Å². The van der Waals surface area contributed by atoms with Crippen LogP contribution in [0.1, 0.15) is 28.4 Å². The van der Waals surface area contributed by atoms with Crippen LogP contribution in [0, 0.1) is 0 Å². The molecule has 0 fully saturated rings. The Morgan fingerprint density at radius 2 is 2.26 bits per heavy atom. The zero-order valence-electron chi connectivity index (χ0n) is 10.5. The Kier molecular flexibility index (Phi) is 2.91. The zero-order chi connectivity index (χ0) is 13.2. The number of hydrogen-bond donors (Lipinski definition) is 0. The van der Waals surface area contributed by atoms with E-state index in [1.165, 1.54) is 0 Å². The topological polar surface area (TPSA) is 48.4 Å². The molecule has 0 unspecified atom stereocenters. The molecule has 0 saturated heterocycles. The summed E-state index contributed by atoms with van der Waals surface area (Å²) < 4.78 is 11.0. The molecule has 3 rings (SSSR count). The first kappa shape index (κ1) is 11.7. The molecule has 1 aliphatic heterocycles. The fourth-order valence-corrected chi connectivity index (χ4v) is 2.18. The number of methoxy groups -OCH3 is 1. The quantitative estimate of drug-likeness (QED) is 0.828. The minimum Gasteiger partial charge on any atom is -0.497 e. The van der Waals surface area contributed by atoms with Gasteiger partial charge in [0.25, 0.3) is 0 Å². The van der Waals surface area contributed by atoms with Crippen molar-refractivity contribution in [2.45, 2.75) is 12.5 Å². The highest BCUT2D eigenvalue weighted by Gasteiger charge is 2.27. The van der Waals surface area contributed by atoms with Gasteiger partial charge in [-0.2, -0.15) is 0 Å². The lowest BCUT2D eigenvalue weighted by molar-refractivity contribution is 0.0849. The molecule has 0 bridgehead atoms. The molecular weight excluding hydrogens is 242 g/mol. The Labute approximate surface area is 111 Å². The third-order valence-electron chi connectivity index (χ3n) is 3.19. The summed E-state index contributed by atoms with van der Waals surface area (Å²) >= 11 is 0. The smallest absolute Gasteiger partial charge is 0.170 e. The van der Waals surface area contributed by atoms with Crippen molar-refractivity contribution in [3.63, 3.8) is 0 Å². The number of carbonyl (C=O) groups excluding carboxylic acids is 1. The molecule has 1 atom stereocenters. The number of ketones is 1. The molecule has 2 heterocycles. The van der Waals surface area contributed by atoms with E-state index < -0.39 is 0 Å². The van der Waals surface area contributed by atoms with Gasteiger partial charge in [0.15, 0.2) is 5.78 Å². The van der Waals surface area contributed by atoms with Gasteiger partial charge in [-0.1, -0.05) is 6.07 Å². The van der Waals surface area contributed by atoms with Gasteiger partial charge in [-0.3, -0.25) is 9.78 Å². The molecule has 2 aromatic rings. The molecule has 96 valence electrons. The van der Waals surface area contributed by atoms with Crippen LogP contribution in [0.5, 0.6) is 11.5 Å². The highest BCUT2D eigenvalue weighted by Crippen LogP contribution is 2.36. The monoisotopic (exact) mass is 255 g/mol. The summed E-state index contributed by atoms with van der Waals surface area (Å²) in [4.78, 5) is 16.2. The van der Waals surface area contributed by atoms with Crippen molar-refractivity contribution in [3.8, 4) is 11.5 Å². The first-order valence-electron chi connectivity index (χ1n) is 6.06. The fourth-order valence-electron chi connectivity index (χ4n) is 2.18. The Bertz CT molecular complexity index is 610. The molecule has 4 heteroatoms. The summed E-state index contributed by atoms with van der Waals surface area (Å²) in [5.41, 5.74) is 1.52. The Balaban J connectivity index is 1.96. The van der Waals surface area contributed by atoms with E-state index in [1.54, 1.807) is 37.7 Å². The summed E-state index contributed by atoms with van der Waals surface area (Å²) in [5, 5.41) is 0. The highest BCUT2D eigenvalue weighted by molar-refractivity contribution is 6.00. The van der Waals surface area contributed by atoms with Crippen molar-refractivity contribution in [2.75, 3.05) is 7.11 Å². The van der Waals surface area contributed by atoms with Crippen molar-refractivity contribution in [2.24, 2.45) is 0 Å². The van der Waals surface area contributed by atoms with Crippen LogP contribution in [0.3, 0.4) is 0 Å². The fraction of sp³-hybridized carbons (Fsp3) is 0.200. The molecule has 4 nitrogen and oxygen atoms in total. The van der Waals surface area contributed by atoms with Crippen LogP contribution in [0.15, 0.2) is 42.7 Å². The highest BCUT2D eigenvalue weighted by atomic mass is 16.5. The number of pyridine rings is 1. The number of hydrogen-bond acceptors (Lipinski definition) is 4. The van der Waals surface area contributed by atoms with Crippen molar-refractivity contribution in [1.82, 2.24) is 4.98 Å². The van der Waals surface area contributed by atoms with Crippen LogP contribution in [-0.2, 0) is 0 Å². The standard InChI is InChI=1S/C15H13NO3/c1-18-11-4-5-12-13(17)8-14(19-15(12)7-11)10-3-2-6-16-9-10/h2-7,9,14H,8H2,1H3/t14-/m0/s1. The van der Waals surface area contributed by atoms with Crippen LogP contribution >= 0.6 is 0 Å². The van der Waals surface area contributed by atoms with Crippen LogP contribution < -0.4 is 9.47 Å².